The molecule has 0 saturated carbocycles. The molecule has 0 heterocycles. The molecule has 0 N–H and O–H groups in total. The second-order valence-electron chi connectivity index (χ2n) is 5.97. The average Bonchev–Trinajstić information content (AvgIpc) is 2.63. The van der Waals surface area contributed by atoms with E-state index in [9.17, 15) is 8.42 Å². The smallest absolute Gasteiger partial charge is 0.285 e. The van der Waals surface area contributed by atoms with Gasteiger partial charge in [0.1, 0.15) is 0 Å². The molecule has 0 aliphatic rings. The molecule has 0 saturated heterocycles. The largest absolute Gasteiger partial charge is 0.340 e. The van der Waals surface area contributed by atoms with E-state index in [1.54, 1.807) is 24.3 Å². The highest BCUT2D eigenvalue weighted by atomic mass is 32.2. The number of oxime groups is 1. The fraction of sp³-hybridized carbons (Fsp3) is 0.300. The summed E-state index contributed by atoms with van der Waals surface area (Å²) >= 11 is 0. The third-order valence-electron chi connectivity index (χ3n) is 3.69. The van der Waals surface area contributed by atoms with Crippen LogP contribution in [0.15, 0.2) is 69.0 Å². The van der Waals surface area contributed by atoms with Crippen molar-refractivity contribution in [1.82, 2.24) is 0 Å². The highest BCUT2D eigenvalue weighted by Crippen LogP contribution is 2.15. The molecule has 0 bridgehead atoms. The van der Waals surface area contributed by atoms with E-state index in [-0.39, 0.29) is 10.8 Å². The van der Waals surface area contributed by atoms with Crippen LogP contribution >= 0.6 is 0 Å². The van der Waals surface area contributed by atoms with E-state index in [2.05, 4.69) is 16.5 Å². The van der Waals surface area contributed by atoms with E-state index in [1.807, 2.05) is 37.3 Å². The molecule has 6 heteroatoms. The number of hydrogen-bond acceptors (Lipinski definition) is 4. The average molecular weight is 372 g/mol. The van der Waals surface area contributed by atoms with Crippen LogP contribution in [0.1, 0.15) is 43.7 Å². The van der Waals surface area contributed by atoms with Gasteiger partial charge in [-0.2, -0.15) is 8.42 Å². The fourth-order valence-electron chi connectivity index (χ4n) is 2.22. The predicted octanol–water partition coefficient (Wildman–Crippen LogP) is 4.71. The molecule has 138 valence electrons. The summed E-state index contributed by atoms with van der Waals surface area (Å²) in [6.45, 7) is 3.98. The Hall–Kier alpha value is -2.47. The first-order valence-electron chi connectivity index (χ1n) is 8.67. The Balaban J connectivity index is 2.17. The van der Waals surface area contributed by atoms with Gasteiger partial charge in [0.05, 0.1) is 11.1 Å². The minimum atomic E-state index is -3.82. The number of nitrogens with zero attached hydrogens (tertiary/aromatic N) is 2. The number of unbranched alkanes of at least 4 members (excludes halogenated alkanes) is 2. The number of rotatable bonds is 8. The molecule has 26 heavy (non-hydrogen) atoms. The molecule has 0 atom stereocenters. The van der Waals surface area contributed by atoms with E-state index < -0.39 is 10.0 Å². The second-order valence-corrected chi connectivity index (χ2v) is 7.57. The van der Waals surface area contributed by atoms with Crippen molar-refractivity contribution in [1.29, 1.82) is 0 Å². The van der Waals surface area contributed by atoms with Crippen molar-refractivity contribution in [2.24, 2.45) is 9.55 Å². The predicted molar refractivity (Wildman–Crippen MR) is 105 cm³/mol. The van der Waals surface area contributed by atoms with Crippen LogP contribution in [-0.4, -0.2) is 20.5 Å². The van der Waals surface area contributed by atoms with Gasteiger partial charge in [0.2, 0.25) is 5.90 Å². The first kappa shape index (κ1) is 19.8. The van der Waals surface area contributed by atoms with Gasteiger partial charge in [0.25, 0.3) is 10.0 Å². The maximum atomic E-state index is 12.5. The molecule has 0 amide bonds. The summed E-state index contributed by atoms with van der Waals surface area (Å²) in [5, 5.41) is 3.89. The van der Waals surface area contributed by atoms with Gasteiger partial charge < -0.3 is 4.84 Å². The number of hydrogen-bond donors (Lipinski definition) is 0. The minimum absolute atomic E-state index is 0.103. The maximum Gasteiger partial charge on any atom is 0.285 e. The number of aryl methyl sites for hydroxylation is 1. The summed E-state index contributed by atoms with van der Waals surface area (Å²) in [4.78, 5) is 5.46. The second kappa shape index (κ2) is 9.87. The van der Waals surface area contributed by atoms with Gasteiger partial charge in [-0.3, -0.25) is 0 Å². The molecule has 2 aromatic rings. The Morgan fingerprint density at radius 1 is 1.04 bits per heavy atom. The topological polar surface area (TPSA) is 68.1 Å². The molecule has 0 radical (unpaired) electrons. The maximum absolute atomic E-state index is 12.5. The van der Waals surface area contributed by atoms with Gasteiger partial charge in [-0.15, -0.1) is 4.40 Å². The highest BCUT2D eigenvalue weighted by molar-refractivity contribution is 7.90. The van der Waals surface area contributed by atoms with Crippen molar-refractivity contribution in [3.05, 3.63) is 65.7 Å². The molecule has 0 aliphatic heterocycles. The lowest BCUT2D eigenvalue weighted by Gasteiger charge is -2.05. The Kier molecular flexibility index (Phi) is 7.53. The van der Waals surface area contributed by atoms with Crippen LogP contribution in [0.4, 0.5) is 0 Å². The monoisotopic (exact) mass is 372 g/mol. The van der Waals surface area contributed by atoms with Crippen LogP contribution in [0.2, 0.25) is 0 Å². The van der Waals surface area contributed by atoms with E-state index in [0.717, 1.165) is 30.4 Å². The Morgan fingerprint density at radius 3 is 2.38 bits per heavy atom. The summed E-state index contributed by atoms with van der Waals surface area (Å²) in [5.74, 6) is 0.103. The Morgan fingerprint density at radius 2 is 1.73 bits per heavy atom. The summed E-state index contributed by atoms with van der Waals surface area (Å²) < 4.78 is 28.9. The summed E-state index contributed by atoms with van der Waals surface area (Å²) in [7, 11) is -3.82. The first-order chi connectivity index (χ1) is 12.5. The highest BCUT2D eigenvalue weighted by Gasteiger charge is 2.15. The Labute approximate surface area is 155 Å². The molecule has 0 aliphatic carbocycles. The van der Waals surface area contributed by atoms with E-state index >= 15 is 0 Å². The quantitative estimate of drug-likeness (QED) is 0.291. The molecule has 0 unspecified atom stereocenters. The van der Waals surface area contributed by atoms with Crippen LogP contribution in [0, 0.1) is 6.92 Å². The van der Waals surface area contributed by atoms with Crippen LogP contribution in [0.25, 0.3) is 0 Å². The molecule has 5 nitrogen and oxygen atoms in total. The third kappa shape index (κ3) is 6.44. The molecule has 2 rings (SSSR count). The van der Waals surface area contributed by atoms with Crippen LogP contribution < -0.4 is 0 Å². The molecule has 0 spiro atoms. The molecular formula is C20H24N2O3S. The van der Waals surface area contributed by atoms with Gasteiger partial charge in [0.15, 0.2) is 0 Å². The van der Waals surface area contributed by atoms with Crippen LogP contribution in [0.5, 0.6) is 0 Å². The zero-order valence-corrected chi connectivity index (χ0v) is 15.9. The third-order valence-corrected chi connectivity index (χ3v) is 5.01. The zero-order chi connectivity index (χ0) is 18.8. The van der Waals surface area contributed by atoms with Crippen molar-refractivity contribution in [3.8, 4) is 0 Å². The lowest BCUT2D eigenvalue weighted by molar-refractivity contribution is 0.319. The Bertz CT molecular complexity index is 842. The van der Waals surface area contributed by atoms with Gasteiger partial charge in [-0.1, -0.05) is 72.9 Å². The van der Waals surface area contributed by atoms with E-state index in [4.69, 9.17) is 4.84 Å². The van der Waals surface area contributed by atoms with Crippen molar-refractivity contribution >= 4 is 22.1 Å². The zero-order valence-electron chi connectivity index (χ0n) is 15.1. The van der Waals surface area contributed by atoms with Crippen LogP contribution in [0.3, 0.4) is 0 Å². The van der Waals surface area contributed by atoms with Gasteiger partial charge in [-0.05, 0) is 31.0 Å². The van der Waals surface area contributed by atoms with Crippen LogP contribution in [-0.2, 0) is 14.9 Å². The molecule has 2 aromatic carbocycles. The van der Waals surface area contributed by atoms with E-state index in [0.29, 0.717) is 6.42 Å². The van der Waals surface area contributed by atoms with Crippen molar-refractivity contribution in [2.45, 2.75) is 44.4 Å². The first-order valence-corrected chi connectivity index (χ1v) is 10.1. The van der Waals surface area contributed by atoms with Gasteiger partial charge >= 0.3 is 0 Å². The van der Waals surface area contributed by atoms with Crippen molar-refractivity contribution in [3.63, 3.8) is 0 Å². The molecular weight excluding hydrogens is 348 g/mol. The lowest BCUT2D eigenvalue weighted by Crippen LogP contribution is -2.07. The van der Waals surface area contributed by atoms with E-state index in [1.165, 1.54) is 6.21 Å². The number of sulfonamides is 1. The van der Waals surface area contributed by atoms with Crippen molar-refractivity contribution < 1.29 is 13.3 Å². The summed E-state index contributed by atoms with van der Waals surface area (Å²) in [6.07, 6.45) is 4.74. The van der Waals surface area contributed by atoms with Gasteiger partial charge in [-0.25, -0.2) is 0 Å². The van der Waals surface area contributed by atoms with Crippen molar-refractivity contribution in [2.75, 3.05) is 0 Å². The SMILES string of the molecule is CCCCC/C(=N\S(=O)(=O)c1ccc(C)cc1)O/N=C/c1ccccc1. The fourth-order valence-corrected chi connectivity index (χ4v) is 3.20. The van der Waals surface area contributed by atoms with Gasteiger partial charge in [0, 0.05) is 6.42 Å². The normalized spacial score (nSPS) is 12.5. The molecule has 0 aromatic heterocycles. The number of benzene rings is 2. The summed E-state index contributed by atoms with van der Waals surface area (Å²) in [5.41, 5.74) is 1.85. The lowest BCUT2D eigenvalue weighted by atomic mass is 10.2. The summed E-state index contributed by atoms with van der Waals surface area (Å²) in [6, 6.07) is 16.0. The standard InChI is InChI=1S/C20H24N2O3S/c1-3-4-6-11-20(25-21-16-18-9-7-5-8-10-18)22-26(23,24)19-14-12-17(2)13-15-19/h5,7-10,12-16H,3-4,6,11H2,1-2H3/b21-16+,22-20+. The molecule has 0 fully saturated rings. The minimum Gasteiger partial charge on any atom is -0.340 e.